The Kier molecular flexibility index (Phi) is 3.99. The number of thiophene rings is 1. The fourth-order valence-electron chi connectivity index (χ4n) is 2.20. The maximum absolute atomic E-state index is 9.32. The SMILES string of the molecule is N#C/C(=C/Nc1ccccc1)Cc1csc2ccccc12. The topological polar surface area (TPSA) is 35.8 Å². The number of rotatable bonds is 4. The van der Waals surface area contributed by atoms with Crippen LogP contribution in [0.2, 0.25) is 0 Å². The number of nitriles is 1. The van der Waals surface area contributed by atoms with E-state index in [1.807, 2.05) is 42.5 Å². The molecule has 3 heteroatoms. The summed E-state index contributed by atoms with van der Waals surface area (Å²) in [6.45, 7) is 0. The molecule has 21 heavy (non-hydrogen) atoms. The number of allylic oxidation sites excluding steroid dienone is 1. The Hall–Kier alpha value is -2.57. The molecule has 0 aliphatic carbocycles. The molecule has 0 fully saturated rings. The van der Waals surface area contributed by atoms with E-state index >= 15 is 0 Å². The Bertz CT molecular complexity index is 810. The van der Waals surface area contributed by atoms with Crippen molar-refractivity contribution in [2.75, 3.05) is 5.32 Å². The van der Waals surface area contributed by atoms with Gasteiger partial charge in [0.1, 0.15) is 0 Å². The molecule has 0 saturated carbocycles. The maximum Gasteiger partial charge on any atom is 0.0965 e. The van der Waals surface area contributed by atoms with Gasteiger partial charge in [0.25, 0.3) is 0 Å². The van der Waals surface area contributed by atoms with Crippen molar-refractivity contribution in [3.05, 3.63) is 77.3 Å². The standard InChI is InChI=1S/C18H14N2S/c19-11-14(12-20-16-6-2-1-3-7-16)10-15-13-21-18-9-5-4-8-17(15)18/h1-9,12-13,20H,10H2/b14-12+. The van der Waals surface area contributed by atoms with E-state index in [4.69, 9.17) is 0 Å². The summed E-state index contributed by atoms with van der Waals surface area (Å²) in [7, 11) is 0. The Morgan fingerprint density at radius 1 is 1.10 bits per heavy atom. The lowest BCUT2D eigenvalue weighted by molar-refractivity contribution is 1.22. The van der Waals surface area contributed by atoms with Crippen LogP contribution in [0, 0.1) is 11.3 Å². The van der Waals surface area contributed by atoms with Gasteiger partial charge in [-0.1, -0.05) is 36.4 Å². The summed E-state index contributed by atoms with van der Waals surface area (Å²) in [5.74, 6) is 0. The summed E-state index contributed by atoms with van der Waals surface area (Å²) in [5.41, 5.74) is 2.92. The molecule has 2 nitrogen and oxygen atoms in total. The predicted octanol–water partition coefficient (Wildman–Crippen LogP) is 4.96. The molecule has 3 rings (SSSR count). The van der Waals surface area contributed by atoms with Crippen LogP contribution >= 0.6 is 11.3 Å². The normalized spacial score (nSPS) is 11.3. The van der Waals surface area contributed by atoms with Gasteiger partial charge in [-0.25, -0.2) is 0 Å². The molecule has 0 aliphatic heterocycles. The fraction of sp³-hybridized carbons (Fsp3) is 0.0556. The van der Waals surface area contributed by atoms with Crippen LogP contribution in [-0.4, -0.2) is 0 Å². The molecule has 0 unspecified atom stereocenters. The Morgan fingerprint density at radius 2 is 1.86 bits per heavy atom. The van der Waals surface area contributed by atoms with Crippen LogP contribution in [0.1, 0.15) is 5.56 Å². The van der Waals surface area contributed by atoms with Gasteiger partial charge in [-0.3, -0.25) is 0 Å². The summed E-state index contributed by atoms with van der Waals surface area (Å²) in [4.78, 5) is 0. The van der Waals surface area contributed by atoms with Crippen LogP contribution in [-0.2, 0) is 6.42 Å². The number of benzene rings is 2. The van der Waals surface area contributed by atoms with E-state index < -0.39 is 0 Å². The van der Waals surface area contributed by atoms with Gasteiger partial charge in [0.15, 0.2) is 0 Å². The van der Waals surface area contributed by atoms with E-state index in [1.165, 1.54) is 15.6 Å². The molecular formula is C18H14N2S. The minimum atomic E-state index is 0.653. The molecule has 1 heterocycles. The van der Waals surface area contributed by atoms with Crippen LogP contribution < -0.4 is 5.32 Å². The van der Waals surface area contributed by atoms with Crippen molar-refractivity contribution >= 4 is 27.1 Å². The number of anilines is 1. The first-order valence-electron chi connectivity index (χ1n) is 6.72. The zero-order valence-corrected chi connectivity index (χ0v) is 12.2. The molecule has 1 N–H and O–H groups in total. The molecule has 0 amide bonds. The number of nitrogens with one attached hydrogen (secondary N) is 1. The highest BCUT2D eigenvalue weighted by Gasteiger charge is 2.05. The molecular weight excluding hydrogens is 276 g/mol. The van der Waals surface area contributed by atoms with E-state index in [-0.39, 0.29) is 0 Å². The molecule has 1 aromatic heterocycles. The Balaban J connectivity index is 1.80. The quantitative estimate of drug-likeness (QED) is 0.689. The van der Waals surface area contributed by atoms with Crippen molar-refractivity contribution in [3.8, 4) is 6.07 Å². The van der Waals surface area contributed by atoms with Gasteiger partial charge in [-0.15, -0.1) is 11.3 Å². The van der Waals surface area contributed by atoms with Crippen LogP contribution in [0.25, 0.3) is 10.1 Å². The second kappa shape index (κ2) is 6.25. The van der Waals surface area contributed by atoms with E-state index in [0.717, 1.165) is 11.3 Å². The van der Waals surface area contributed by atoms with Crippen molar-refractivity contribution in [2.24, 2.45) is 0 Å². The van der Waals surface area contributed by atoms with E-state index in [0.29, 0.717) is 6.42 Å². The molecule has 0 radical (unpaired) electrons. The number of fused-ring (bicyclic) bond motifs is 1. The summed E-state index contributed by atoms with van der Waals surface area (Å²) in [6, 6.07) is 20.4. The van der Waals surface area contributed by atoms with Gasteiger partial charge >= 0.3 is 0 Å². The summed E-state index contributed by atoms with van der Waals surface area (Å²) in [5, 5.41) is 15.9. The number of para-hydroxylation sites is 1. The van der Waals surface area contributed by atoms with Crippen LogP contribution in [0.3, 0.4) is 0 Å². The van der Waals surface area contributed by atoms with Crippen molar-refractivity contribution in [3.63, 3.8) is 0 Å². The lowest BCUT2D eigenvalue weighted by Crippen LogP contribution is -1.93. The van der Waals surface area contributed by atoms with Crippen LogP contribution in [0.5, 0.6) is 0 Å². The summed E-state index contributed by atoms with van der Waals surface area (Å²) in [6.07, 6.45) is 2.45. The minimum Gasteiger partial charge on any atom is -0.361 e. The number of nitrogens with zero attached hydrogens (tertiary/aromatic N) is 1. The Morgan fingerprint density at radius 3 is 2.67 bits per heavy atom. The smallest absolute Gasteiger partial charge is 0.0965 e. The lowest BCUT2D eigenvalue weighted by atomic mass is 10.1. The molecule has 0 saturated heterocycles. The first kappa shape index (κ1) is 13.4. The maximum atomic E-state index is 9.32. The van der Waals surface area contributed by atoms with Crippen LogP contribution in [0.4, 0.5) is 5.69 Å². The molecule has 0 atom stereocenters. The molecule has 2 aromatic carbocycles. The molecule has 0 aliphatic rings. The van der Waals surface area contributed by atoms with Gasteiger partial charge in [0.2, 0.25) is 0 Å². The van der Waals surface area contributed by atoms with Gasteiger partial charge < -0.3 is 5.32 Å². The van der Waals surface area contributed by atoms with Gasteiger partial charge in [-0.05, 0) is 34.5 Å². The molecule has 3 aromatic rings. The van der Waals surface area contributed by atoms with E-state index in [9.17, 15) is 5.26 Å². The third kappa shape index (κ3) is 3.13. The Labute approximate surface area is 128 Å². The number of hydrogen-bond acceptors (Lipinski definition) is 3. The first-order chi connectivity index (χ1) is 10.4. The van der Waals surface area contributed by atoms with Crippen molar-refractivity contribution in [2.45, 2.75) is 6.42 Å². The fourth-order valence-corrected chi connectivity index (χ4v) is 3.17. The van der Waals surface area contributed by atoms with Gasteiger partial charge in [0.05, 0.1) is 6.07 Å². The minimum absolute atomic E-state index is 0.653. The largest absolute Gasteiger partial charge is 0.361 e. The van der Waals surface area contributed by atoms with Crippen molar-refractivity contribution < 1.29 is 0 Å². The van der Waals surface area contributed by atoms with Crippen molar-refractivity contribution in [1.29, 1.82) is 5.26 Å². The molecule has 0 bridgehead atoms. The summed E-state index contributed by atoms with van der Waals surface area (Å²) >= 11 is 1.72. The summed E-state index contributed by atoms with van der Waals surface area (Å²) < 4.78 is 1.26. The third-order valence-electron chi connectivity index (χ3n) is 3.27. The molecule has 0 spiro atoms. The predicted molar refractivity (Wildman–Crippen MR) is 89.3 cm³/mol. The first-order valence-corrected chi connectivity index (χ1v) is 7.60. The van der Waals surface area contributed by atoms with E-state index in [1.54, 1.807) is 17.5 Å². The average Bonchev–Trinajstić information content (AvgIpc) is 2.95. The van der Waals surface area contributed by atoms with Crippen molar-refractivity contribution in [1.82, 2.24) is 0 Å². The zero-order chi connectivity index (χ0) is 14.5. The third-order valence-corrected chi connectivity index (χ3v) is 4.28. The monoisotopic (exact) mass is 290 g/mol. The van der Waals surface area contributed by atoms with E-state index in [2.05, 4.69) is 28.9 Å². The second-order valence-corrected chi connectivity index (χ2v) is 5.64. The second-order valence-electron chi connectivity index (χ2n) is 4.73. The highest BCUT2D eigenvalue weighted by molar-refractivity contribution is 7.17. The number of hydrogen-bond donors (Lipinski definition) is 1. The average molecular weight is 290 g/mol. The molecule has 102 valence electrons. The zero-order valence-electron chi connectivity index (χ0n) is 11.4. The highest BCUT2D eigenvalue weighted by Crippen LogP contribution is 2.27. The highest BCUT2D eigenvalue weighted by atomic mass is 32.1. The van der Waals surface area contributed by atoms with Gasteiger partial charge in [0, 0.05) is 28.6 Å². The lowest BCUT2D eigenvalue weighted by Gasteiger charge is -2.02. The van der Waals surface area contributed by atoms with Crippen LogP contribution in [0.15, 0.2) is 71.8 Å². The van der Waals surface area contributed by atoms with Gasteiger partial charge in [-0.2, -0.15) is 5.26 Å².